The largest absolute Gasteiger partial charge is 0.378 e. The van der Waals surface area contributed by atoms with Gasteiger partial charge in [-0.15, -0.1) is 0 Å². The third-order valence-electron chi connectivity index (χ3n) is 2.06. The Morgan fingerprint density at radius 2 is 1.67 bits per heavy atom. The molecule has 0 aliphatic heterocycles. The minimum absolute atomic E-state index is 0.104. The molecule has 0 spiro atoms. The van der Waals surface area contributed by atoms with Gasteiger partial charge in [-0.05, 0) is 6.42 Å². The fraction of sp³-hybridized carbons (Fsp3) is 0.667. The molecule has 0 saturated heterocycles. The lowest BCUT2D eigenvalue weighted by Crippen LogP contribution is -2.24. The summed E-state index contributed by atoms with van der Waals surface area (Å²) < 4.78 is 0. The Morgan fingerprint density at radius 3 is 1.89 bits per heavy atom. The molecular weight excluding hydrogens is 120 g/mol. The minimum atomic E-state index is -1.27. The molecule has 0 heterocycles. The molecule has 2 saturated carbocycles. The summed E-state index contributed by atoms with van der Waals surface area (Å²) in [6.45, 7) is 0. The van der Waals surface area contributed by atoms with Gasteiger partial charge in [0.2, 0.25) is 0 Å². The molecule has 1 N–H and O–H groups in total. The molecule has 3 nitrogen and oxygen atoms in total. The van der Waals surface area contributed by atoms with E-state index in [2.05, 4.69) is 0 Å². The molecule has 2 rings (SSSR count). The van der Waals surface area contributed by atoms with Crippen LogP contribution in [0.15, 0.2) is 0 Å². The molecule has 2 unspecified atom stereocenters. The summed E-state index contributed by atoms with van der Waals surface area (Å²) in [6, 6.07) is 0. The van der Waals surface area contributed by atoms with Crippen molar-refractivity contribution in [1.82, 2.24) is 0 Å². The smallest absolute Gasteiger partial charge is 0.172 e. The molecule has 0 aromatic heterocycles. The molecule has 0 amide bonds. The van der Waals surface area contributed by atoms with Gasteiger partial charge in [0.1, 0.15) is 0 Å². The van der Waals surface area contributed by atoms with Gasteiger partial charge < -0.3 is 5.11 Å². The lowest BCUT2D eigenvalue weighted by Gasteiger charge is -1.96. The van der Waals surface area contributed by atoms with E-state index >= 15 is 0 Å². The summed E-state index contributed by atoms with van der Waals surface area (Å²) >= 11 is 0. The zero-order valence-corrected chi connectivity index (χ0v) is 4.70. The molecule has 0 radical (unpaired) electrons. The molecule has 2 aliphatic carbocycles. The quantitative estimate of drug-likeness (QED) is 0.429. The number of Topliss-reactive ketones (excluding diaryl/α,β-unsaturated/α-hetero) is 2. The van der Waals surface area contributed by atoms with Crippen LogP contribution < -0.4 is 0 Å². The first-order chi connectivity index (χ1) is 4.22. The molecule has 0 aromatic carbocycles. The van der Waals surface area contributed by atoms with Crippen LogP contribution in [0, 0.1) is 11.8 Å². The lowest BCUT2D eigenvalue weighted by atomic mass is 10.2. The van der Waals surface area contributed by atoms with Gasteiger partial charge in [-0.1, -0.05) is 0 Å². The Morgan fingerprint density at radius 1 is 1.22 bits per heavy atom. The average Bonchev–Trinajstić information content (AvgIpc) is 2.56. The van der Waals surface area contributed by atoms with Crippen molar-refractivity contribution >= 4 is 11.6 Å². The van der Waals surface area contributed by atoms with E-state index in [-0.39, 0.29) is 23.4 Å². The molecule has 2 fully saturated rings. The molecule has 48 valence electrons. The number of carbonyl (C=O) groups excluding carboxylic acids is 2. The van der Waals surface area contributed by atoms with Crippen LogP contribution in [0.25, 0.3) is 0 Å². The Labute approximate surface area is 51.7 Å². The fourth-order valence-electron chi connectivity index (χ4n) is 1.37. The topological polar surface area (TPSA) is 54.4 Å². The van der Waals surface area contributed by atoms with Gasteiger partial charge in [0, 0.05) is 11.8 Å². The summed E-state index contributed by atoms with van der Waals surface area (Å²) in [5.74, 6) is -0.727. The summed E-state index contributed by atoms with van der Waals surface area (Å²) in [7, 11) is 0. The van der Waals surface area contributed by atoms with Gasteiger partial charge >= 0.3 is 0 Å². The highest BCUT2D eigenvalue weighted by atomic mass is 16.3. The van der Waals surface area contributed by atoms with E-state index in [4.69, 9.17) is 5.11 Å². The molecular formula is C6H6O3. The van der Waals surface area contributed by atoms with E-state index in [9.17, 15) is 9.59 Å². The Kier molecular flexibility index (Phi) is 0.703. The second kappa shape index (κ2) is 1.24. The van der Waals surface area contributed by atoms with Crippen LogP contribution in [0.3, 0.4) is 0 Å². The number of aliphatic hydroxyl groups excluding tert-OH is 1. The van der Waals surface area contributed by atoms with Gasteiger partial charge in [-0.3, -0.25) is 9.59 Å². The predicted molar refractivity (Wildman–Crippen MR) is 27.6 cm³/mol. The van der Waals surface area contributed by atoms with E-state index in [1.807, 2.05) is 0 Å². The number of fused-ring (bicyclic) bond motifs is 1. The van der Waals surface area contributed by atoms with Crippen LogP contribution in [0.4, 0.5) is 0 Å². The molecule has 9 heavy (non-hydrogen) atoms. The highest BCUT2D eigenvalue weighted by Gasteiger charge is 2.59. The van der Waals surface area contributed by atoms with E-state index in [0.717, 1.165) is 0 Å². The average molecular weight is 126 g/mol. The van der Waals surface area contributed by atoms with E-state index in [1.54, 1.807) is 0 Å². The zero-order valence-electron chi connectivity index (χ0n) is 4.70. The number of rotatable bonds is 0. The molecule has 3 heteroatoms. The maximum Gasteiger partial charge on any atom is 0.172 e. The summed E-state index contributed by atoms with van der Waals surface area (Å²) in [4.78, 5) is 21.4. The molecule has 0 aromatic rings. The maximum absolute atomic E-state index is 10.7. The number of carbonyl (C=O) groups is 2. The number of hydrogen-bond donors (Lipinski definition) is 1. The first kappa shape index (κ1) is 5.11. The highest BCUT2D eigenvalue weighted by molar-refractivity contribution is 6.17. The third-order valence-corrected chi connectivity index (χ3v) is 2.06. The highest BCUT2D eigenvalue weighted by Crippen LogP contribution is 2.46. The maximum atomic E-state index is 10.7. The normalized spacial score (nSPS) is 47.4. The Balaban J connectivity index is 2.33. The Hall–Kier alpha value is -0.700. The van der Waals surface area contributed by atoms with Crippen LogP contribution in [0.5, 0.6) is 0 Å². The monoisotopic (exact) mass is 126 g/mol. The standard InChI is InChI=1S/C6H6O3/c7-4-2-1-3(2)5(8)6(4)9/h2-3,6,9H,1H2. The van der Waals surface area contributed by atoms with Gasteiger partial charge in [0.25, 0.3) is 0 Å². The van der Waals surface area contributed by atoms with Crippen LogP contribution in [0.2, 0.25) is 0 Å². The number of aliphatic hydroxyl groups is 1. The van der Waals surface area contributed by atoms with Crippen molar-refractivity contribution in [2.24, 2.45) is 11.8 Å². The zero-order chi connectivity index (χ0) is 6.59. The first-order valence-electron chi connectivity index (χ1n) is 2.97. The number of hydrogen-bond acceptors (Lipinski definition) is 3. The Bertz CT molecular complexity index is 176. The van der Waals surface area contributed by atoms with Crippen molar-refractivity contribution in [3.63, 3.8) is 0 Å². The van der Waals surface area contributed by atoms with Crippen LogP contribution >= 0.6 is 0 Å². The van der Waals surface area contributed by atoms with Crippen molar-refractivity contribution in [3.05, 3.63) is 0 Å². The fourth-order valence-corrected chi connectivity index (χ4v) is 1.37. The van der Waals surface area contributed by atoms with Gasteiger partial charge in [0.15, 0.2) is 17.7 Å². The van der Waals surface area contributed by atoms with E-state index < -0.39 is 6.10 Å². The van der Waals surface area contributed by atoms with Crippen LogP contribution in [-0.2, 0) is 9.59 Å². The summed E-state index contributed by atoms with van der Waals surface area (Å²) in [5, 5.41) is 8.77. The SMILES string of the molecule is O=C1C(O)C(=O)C2CC12. The van der Waals surface area contributed by atoms with Crippen molar-refractivity contribution in [2.45, 2.75) is 12.5 Å². The van der Waals surface area contributed by atoms with Crippen LogP contribution in [-0.4, -0.2) is 22.8 Å². The van der Waals surface area contributed by atoms with Gasteiger partial charge in [-0.2, -0.15) is 0 Å². The van der Waals surface area contributed by atoms with Crippen molar-refractivity contribution in [1.29, 1.82) is 0 Å². The lowest BCUT2D eigenvalue weighted by molar-refractivity contribution is -0.135. The second-order valence-corrected chi connectivity index (χ2v) is 2.66. The second-order valence-electron chi connectivity index (χ2n) is 2.66. The van der Waals surface area contributed by atoms with E-state index in [1.165, 1.54) is 0 Å². The van der Waals surface area contributed by atoms with Crippen molar-refractivity contribution in [3.8, 4) is 0 Å². The molecule has 0 bridgehead atoms. The summed E-state index contributed by atoms with van der Waals surface area (Å²) in [5.41, 5.74) is 0. The van der Waals surface area contributed by atoms with Gasteiger partial charge in [-0.25, -0.2) is 0 Å². The van der Waals surface area contributed by atoms with Crippen molar-refractivity contribution < 1.29 is 14.7 Å². The van der Waals surface area contributed by atoms with Crippen molar-refractivity contribution in [2.75, 3.05) is 0 Å². The van der Waals surface area contributed by atoms with E-state index in [0.29, 0.717) is 6.42 Å². The molecule has 2 atom stereocenters. The predicted octanol–water partition coefficient (Wildman–Crippen LogP) is -0.865. The summed E-state index contributed by atoms with van der Waals surface area (Å²) in [6.07, 6.45) is -0.580. The minimum Gasteiger partial charge on any atom is -0.378 e. The van der Waals surface area contributed by atoms with Crippen LogP contribution in [0.1, 0.15) is 6.42 Å². The van der Waals surface area contributed by atoms with Gasteiger partial charge in [0.05, 0.1) is 0 Å². The third kappa shape index (κ3) is 0.452. The molecule has 2 aliphatic rings. The number of ketones is 2. The first-order valence-corrected chi connectivity index (χ1v) is 2.97.